The normalized spacial score (nSPS) is 20.4. The third kappa shape index (κ3) is 10.3. The summed E-state index contributed by atoms with van der Waals surface area (Å²) in [6.45, 7) is 12.2. The fraction of sp³-hybridized carbons (Fsp3) is 0.429. The van der Waals surface area contributed by atoms with Crippen LogP contribution < -0.4 is 39.6 Å². The van der Waals surface area contributed by atoms with Gasteiger partial charge in [-0.05, 0) is 96.2 Å². The Kier molecular flexibility index (Phi) is 14.1. The lowest BCUT2D eigenvalue weighted by atomic mass is 9.59. The van der Waals surface area contributed by atoms with Crippen molar-refractivity contribution in [1.29, 1.82) is 0 Å². The van der Waals surface area contributed by atoms with Crippen LogP contribution in [0.1, 0.15) is 78.5 Å². The molecule has 390 valence electrons. The number of piperazine rings is 1. The smallest absolute Gasteiger partial charge is 0.268 e. The van der Waals surface area contributed by atoms with Gasteiger partial charge in [-0.25, -0.2) is 18.1 Å². The van der Waals surface area contributed by atoms with Crippen LogP contribution in [-0.4, -0.2) is 126 Å². The summed E-state index contributed by atoms with van der Waals surface area (Å²) < 4.78 is 65.8. The number of nitrogens with zero attached hydrogens (tertiary/aromatic N) is 4. The topological polar surface area (TPSA) is 195 Å². The van der Waals surface area contributed by atoms with Gasteiger partial charge in [0.05, 0.1) is 50.5 Å². The number of nitrogens with two attached hydrogens (primary N) is 1. The monoisotopic (exact) mass is 1030 g/mol. The van der Waals surface area contributed by atoms with E-state index in [1.165, 1.54) is 22.8 Å². The number of nitrogens with one attached hydrogen (secondary N) is 3. The Morgan fingerprint density at radius 2 is 1.72 bits per heavy atom. The van der Waals surface area contributed by atoms with Crippen LogP contribution in [0.4, 0.5) is 17.1 Å². The van der Waals surface area contributed by atoms with E-state index in [1.807, 2.05) is 24.3 Å². The van der Waals surface area contributed by atoms with Crippen molar-refractivity contribution < 1.29 is 41.6 Å². The first-order chi connectivity index (χ1) is 35.9. The molecule has 2 atom stereocenters. The molecular weight excluding hydrogens is 961 g/mol. The molecule has 17 nitrogen and oxygen atoms in total. The zero-order chi connectivity index (χ0) is 51.0. The third-order valence-electron chi connectivity index (χ3n) is 15.6. The van der Waals surface area contributed by atoms with E-state index in [4.69, 9.17) is 34.2 Å². The lowest BCUT2D eigenvalue weighted by molar-refractivity contribution is -0.0819. The number of aromatic nitrogens is 2. The number of sulfonamides is 1. The maximum Gasteiger partial charge on any atom is 0.268 e. The second-order valence-corrected chi connectivity index (χ2v) is 22.3. The van der Waals surface area contributed by atoms with Crippen molar-refractivity contribution in [2.75, 3.05) is 95.4 Å². The molecule has 74 heavy (non-hydrogen) atoms. The van der Waals surface area contributed by atoms with Crippen molar-refractivity contribution in [3.8, 4) is 28.7 Å². The predicted octanol–water partition coefficient (Wildman–Crippen LogP) is 8.09. The number of nitrogen functional groups attached to an aromatic ring is 1. The summed E-state index contributed by atoms with van der Waals surface area (Å²) in [4.78, 5) is 29.4. The summed E-state index contributed by atoms with van der Waals surface area (Å²) in [6.07, 6.45) is 7.52. The van der Waals surface area contributed by atoms with E-state index in [2.05, 4.69) is 97.1 Å². The molecule has 18 heteroatoms. The molecule has 6 heterocycles. The Balaban J connectivity index is 0.798. The minimum atomic E-state index is -4.58. The summed E-state index contributed by atoms with van der Waals surface area (Å²) in [6, 6.07) is 28.6. The van der Waals surface area contributed by atoms with E-state index < -0.39 is 15.9 Å². The maximum atomic E-state index is 14.3. The zero-order valence-corrected chi connectivity index (χ0v) is 43.1. The Morgan fingerprint density at radius 1 is 0.919 bits per heavy atom. The van der Waals surface area contributed by atoms with Gasteiger partial charge in [-0.2, -0.15) is 0 Å². The van der Waals surface area contributed by atoms with Gasteiger partial charge in [0.2, 0.25) is 0 Å². The molecule has 1 amide bonds. The van der Waals surface area contributed by atoms with Gasteiger partial charge in [-0.3, -0.25) is 14.6 Å². The number of H-pyrrole nitrogens is 1. The highest BCUT2D eigenvalue weighted by Gasteiger charge is 2.50. The lowest BCUT2D eigenvalue weighted by Gasteiger charge is -2.58. The van der Waals surface area contributed by atoms with E-state index in [0.717, 1.165) is 81.8 Å². The number of hydrogen-bond donors (Lipinski definition) is 4. The number of fused-ring (bicyclic) bond motifs is 2. The number of aromatic amines is 1. The molecule has 5 aliphatic rings. The lowest BCUT2D eigenvalue weighted by Crippen LogP contribution is -2.60. The van der Waals surface area contributed by atoms with Crippen LogP contribution in [0.15, 0.2) is 102 Å². The van der Waals surface area contributed by atoms with Gasteiger partial charge in [0.25, 0.3) is 15.9 Å². The number of carbonyl (C=O) groups is 1. The molecule has 1 saturated carbocycles. The first-order valence-corrected chi connectivity index (χ1v) is 27.3. The highest BCUT2D eigenvalue weighted by atomic mass is 32.2. The molecule has 4 aromatic carbocycles. The number of hydrogen-bond acceptors (Lipinski definition) is 15. The van der Waals surface area contributed by atoms with Crippen molar-refractivity contribution in [2.24, 2.45) is 5.41 Å². The minimum absolute atomic E-state index is 0.0199. The highest BCUT2D eigenvalue weighted by Crippen LogP contribution is 2.54. The number of ether oxygens (including phenoxy) is 6. The number of piperidine rings is 1. The van der Waals surface area contributed by atoms with E-state index in [0.29, 0.717) is 61.5 Å². The fourth-order valence-corrected chi connectivity index (χ4v) is 12.8. The number of benzene rings is 4. The van der Waals surface area contributed by atoms with Gasteiger partial charge in [0.15, 0.2) is 11.5 Å². The predicted molar refractivity (Wildman–Crippen MR) is 283 cm³/mol. The number of pyridine rings is 1. The average molecular weight is 1030 g/mol. The van der Waals surface area contributed by atoms with Crippen molar-refractivity contribution in [2.45, 2.75) is 75.1 Å². The van der Waals surface area contributed by atoms with Gasteiger partial charge in [-0.1, -0.05) is 50.2 Å². The Hall–Kier alpha value is -6.57. The zero-order valence-electron chi connectivity index (χ0n) is 42.3. The van der Waals surface area contributed by atoms with E-state index in [9.17, 15) is 13.2 Å². The Labute approximate surface area is 432 Å². The standard InChI is InChI=1S/C56H66N8O9S/c1-36(2)44-6-4-5-7-45(44)48-34-62(33-37-8-11-41(68-3)12-9-37)20-21-64(48)40-29-56(30-40)15-18-63(19-16-56)39-10-13-46(49(27-39)73-42-26-38-14-17-58-54(38)60-31-42)55(65)61-74(66,67)50-28-47(57)51(53-52(50)71-24-25-72-53)59-32-43-35-69-22-23-70-43/h4-14,17,26-28,31,36,40,43,48,59H,15-16,18-25,29-30,32-35,57H2,1-3H3,(H,58,60)(H,61,65)/t43-,48-/m0/s1. The first kappa shape index (κ1) is 49.6. The summed E-state index contributed by atoms with van der Waals surface area (Å²) in [5, 5.41) is 4.05. The molecule has 0 unspecified atom stereocenters. The molecule has 4 fully saturated rings. The van der Waals surface area contributed by atoms with Crippen molar-refractivity contribution in [3.63, 3.8) is 0 Å². The Bertz CT molecular complexity index is 3090. The van der Waals surface area contributed by atoms with Crippen molar-refractivity contribution in [3.05, 3.63) is 120 Å². The molecule has 1 spiro atoms. The van der Waals surface area contributed by atoms with Crippen LogP contribution >= 0.6 is 0 Å². The second-order valence-electron chi connectivity index (χ2n) is 20.6. The van der Waals surface area contributed by atoms with Crippen LogP contribution in [-0.2, 0) is 26.0 Å². The molecule has 1 aliphatic carbocycles. The molecule has 0 bridgehead atoms. The summed E-state index contributed by atoms with van der Waals surface area (Å²) in [7, 11) is -2.87. The summed E-state index contributed by atoms with van der Waals surface area (Å²) >= 11 is 0. The van der Waals surface area contributed by atoms with Crippen molar-refractivity contribution >= 4 is 44.0 Å². The number of carbonyl (C=O) groups excluding carboxylic acids is 1. The molecule has 3 saturated heterocycles. The van der Waals surface area contributed by atoms with Gasteiger partial charge in [0.1, 0.15) is 46.7 Å². The number of anilines is 3. The maximum absolute atomic E-state index is 14.3. The highest BCUT2D eigenvalue weighted by molar-refractivity contribution is 7.90. The molecular formula is C56H66N8O9S. The largest absolute Gasteiger partial charge is 0.497 e. The second kappa shape index (κ2) is 21.0. The molecule has 4 aliphatic heterocycles. The van der Waals surface area contributed by atoms with Gasteiger partial charge in [-0.15, -0.1) is 0 Å². The van der Waals surface area contributed by atoms with Crippen LogP contribution in [0.5, 0.6) is 28.7 Å². The Morgan fingerprint density at radius 3 is 2.49 bits per heavy atom. The number of amides is 1. The third-order valence-corrected chi connectivity index (χ3v) is 16.9. The fourth-order valence-electron chi connectivity index (χ4n) is 11.6. The molecule has 2 aromatic heterocycles. The molecule has 0 radical (unpaired) electrons. The van der Waals surface area contributed by atoms with Crippen molar-refractivity contribution in [1.82, 2.24) is 24.5 Å². The van der Waals surface area contributed by atoms with E-state index >= 15 is 0 Å². The van der Waals surface area contributed by atoms with Crippen LogP contribution in [0.25, 0.3) is 11.0 Å². The average Bonchev–Trinajstić information content (AvgIpc) is 3.89. The van der Waals surface area contributed by atoms with Gasteiger partial charge >= 0.3 is 0 Å². The number of methoxy groups -OCH3 is 1. The number of rotatable bonds is 15. The molecule has 11 rings (SSSR count). The summed E-state index contributed by atoms with van der Waals surface area (Å²) in [5.74, 6) is 1.07. The van der Waals surface area contributed by atoms with Crippen LogP contribution in [0.2, 0.25) is 0 Å². The minimum Gasteiger partial charge on any atom is -0.497 e. The first-order valence-electron chi connectivity index (χ1n) is 25.8. The summed E-state index contributed by atoms with van der Waals surface area (Å²) in [5.41, 5.74) is 12.9. The molecule has 5 N–H and O–H groups in total. The van der Waals surface area contributed by atoms with Crippen LogP contribution in [0, 0.1) is 5.41 Å². The van der Waals surface area contributed by atoms with E-state index in [1.54, 1.807) is 25.6 Å². The van der Waals surface area contributed by atoms with Crippen LogP contribution in [0.3, 0.4) is 0 Å². The molecule has 6 aromatic rings. The van der Waals surface area contributed by atoms with E-state index in [-0.39, 0.29) is 58.1 Å². The van der Waals surface area contributed by atoms with Gasteiger partial charge in [0, 0.05) is 81.2 Å². The quantitative estimate of drug-likeness (QED) is 0.0720. The SMILES string of the molecule is COc1ccc(CN2CCN(C3CC4(CCN(c5ccc(C(=O)NS(=O)(=O)c6cc(N)c(NC[C@H]7COCCO7)c7c6OCCO7)c(Oc6cnc7[nH]ccc7c6)c5)CC4)C3)[C@H](c3ccccc3C(C)C)C2)cc1. The van der Waals surface area contributed by atoms with Gasteiger partial charge < -0.3 is 49.4 Å².